The maximum absolute atomic E-state index is 13.9. The lowest BCUT2D eigenvalue weighted by molar-refractivity contribution is -0.123. The molecule has 0 spiro atoms. The molecule has 4 aliphatic rings. The molecule has 2 amide bonds. The lowest BCUT2D eigenvalue weighted by Crippen LogP contribution is -2.44. The van der Waals surface area contributed by atoms with Gasteiger partial charge in [-0.2, -0.15) is 0 Å². The van der Waals surface area contributed by atoms with Gasteiger partial charge in [-0.3, -0.25) is 14.4 Å². The molecule has 8 heteroatoms. The van der Waals surface area contributed by atoms with E-state index in [2.05, 4.69) is 0 Å². The number of hydrogen-bond acceptors (Lipinski definition) is 7. The number of benzene rings is 2. The Morgan fingerprint density at radius 1 is 0.886 bits per heavy atom. The van der Waals surface area contributed by atoms with Crippen molar-refractivity contribution < 1.29 is 28.3 Å². The number of anilines is 1. The molecule has 0 saturated carbocycles. The molecule has 1 aromatic heterocycles. The van der Waals surface area contributed by atoms with E-state index >= 15 is 0 Å². The fourth-order valence-electron chi connectivity index (χ4n) is 5.85. The second-order valence-corrected chi connectivity index (χ2v) is 9.01. The molecule has 2 saturated heterocycles. The second kappa shape index (κ2) is 7.33. The lowest BCUT2D eigenvalue weighted by Gasteiger charge is -2.35. The van der Waals surface area contributed by atoms with E-state index < -0.39 is 29.8 Å². The lowest BCUT2D eigenvalue weighted by atomic mass is 9.84. The zero-order valence-electron chi connectivity index (χ0n) is 18.5. The van der Waals surface area contributed by atoms with E-state index in [1.165, 1.54) is 11.2 Å². The summed E-state index contributed by atoms with van der Waals surface area (Å²) in [5, 5.41) is 0. The Hall–Kier alpha value is -4.33. The van der Waals surface area contributed by atoms with Crippen LogP contribution in [-0.2, 0) is 9.59 Å². The molecule has 7 rings (SSSR count). The van der Waals surface area contributed by atoms with Crippen molar-refractivity contribution in [3.63, 3.8) is 0 Å². The normalized spacial score (nSPS) is 25.9. The standard InChI is InChI=1S/C27H20N2O6/c30-25(19-6-3-11-33-19)24-22-21(23-17-5-2-1-4-15(17)9-10-28(23)24)26(31)29(27(22)32)16-7-8-18-20(14-16)35-13-12-34-18/h1-11,14,21-24H,12-13H2/t21-,22+,23+,24-/m0/s1. The van der Waals surface area contributed by atoms with Crippen molar-refractivity contribution >= 4 is 29.4 Å². The Morgan fingerprint density at radius 3 is 2.51 bits per heavy atom. The Balaban J connectivity index is 1.35. The highest BCUT2D eigenvalue weighted by Crippen LogP contribution is 2.54. The van der Waals surface area contributed by atoms with Crippen molar-refractivity contribution in [2.75, 3.05) is 18.1 Å². The summed E-state index contributed by atoms with van der Waals surface area (Å²) in [5.74, 6) is -1.39. The van der Waals surface area contributed by atoms with Crippen LogP contribution in [0.15, 0.2) is 71.5 Å². The molecule has 8 nitrogen and oxygen atoms in total. The third kappa shape index (κ3) is 2.76. The first kappa shape index (κ1) is 20.1. The molecule has 0 unspecified atom stereocenters. The number of carbonyl (C=O) groups is 3. The molecular formula is C27H20N2O6. The monoisotopic (exact) mass is 468 g/mol. The summed E-state index contributed by atoms with van der Waals surface area (Å²) in [5.41, 5.74) is 2.30. The molecule has 174 valence electrons. The van der Waals surface area contributed by atoms with E-state index in [-0.39, 0.29) is 17.5 Å². The second-order valence-electron chi connectivity index (χ2n) is 9.01. The Bertz CT molecular complexity index is 1410. The zero-order chi connectivity index (χ0) is 23.7. The summed E-state index contributed by atoms with van der Waals surface area (Å²) in [7, 11) is 0. The largest absolute Gasteiger partial charge is 0.486 e. The summed E-state index contributed by atoms with van der Waals surface area (Å²) in [4.78, 5) is 44.5. The number of hydrogen-bond donors (Lipinski definition) is 0. The molecule has 3 aromatic rings. The van der Waals surface area contributed by atoms with Gasteiger partial charge in [0.2, 0.25) is 17.6 Å². The van der Waals surface area contributed by atoms with E-state index in [9.17, 15) is 14.4 Å². The van der Waals surface area contributed by atoms with Gasteiger partial charge in [-0.25, -0.2) is 4.90 Å². The molecule has 0 aliphatic carbocycles. The number of nitrogens with zero attached hydrogens (tertiary/aromatic N) is 2. The van der Waals surface area contributed by atoms with E-state index in [0.29, 0.717) is 30.4 Å². The maximum Gasteiger partial charge on any atom is 0.240 e. The number of furan rings is 1. The van der Waals surface area contributed by atoms with E-state index in [1.807, 2.05) is 41.4 Å². The number of fused-ring (bicyclic) bond motifs is 6. The first-order valence-electron chi connectivity index (χ1n) is 11.5. The first-order valence-corrected chi connectivity index (χ1v) is 11.5. The number of ketones is 1. The van der Waals surface area contributed by atoms with Crippen LogP contribution in [0.4, 0.5) is 5.69 Å². The molecule has 2 aromatic carbocycles. The number of amides is 2. The van der Waals surface area contributed by atoms with Crippen LogP contribution in [0.2, 0.25) is 0 Å². The van der Waals surface area contributed by atoms with Crippen molar-refractivity contribution in [1.29, 1.82) is 0 Å². The molecule has 35 heavy (non-hydrogen) atoms. The van der Waals surface area contributed by atoms with Gasteiger partial charge in [0.25, 0.3) is 0 Å². The minimum Gasteiger partial charge on any atom is -0.486 e. The highest BCUT2D eigenvalue weighted by atomic mass is 16.6. The summed E-state index contributed by atoms with van der Waals surface area (Å²) >= 11 is 0. The predicted octanol–water partition coefficient (Wildman–Crippen LogP) is 3.45. The van der Waals surface area contributed by atoms with Gasteiger partial charge in [0.05, 0.1) is 29.8 Å². The van der Waals surface area contributed by atoms with Gasteiger partial charge in [-0.15, -0.1) is 0 Å². The van der Waals surface area contributed by atoms with Crippen molar-refractivity contribution in [3.8, 4) is 11.5 Å². The fraction of sp³-hybridized carbons (Fsp3) is 0.222. The zero-order valence-corrected chi connectivity index (χ0v) is 18.5. The Morgan fingerprint density at radius 2 is 1.69 bits per heavy atom. The Labute approximate surface area is 200 Å². The number of carbonyl (C=O) groups excluding carboxylic acids is 3. The molecule has 0 radical (unpaired) electrons. The van der Waals surface area contributed by atoms with Crippen LogP contribution < -0.4 is 14.4 Å². The third-order valence-electron chi connectivity index (χ3n) is 7.28. The van der Waals surface area contributed by atoms with Crippen LogP contribution in [0.5, 0.6) is 11.5 Å². The van der Waals surface area contributed by atoms with Gasteiger partial charge >= 0.3 is 0 Å². The van der Waals surface area contributed by atoms with Gasteiger partial charge in [0.1, 0.15) is 19.3 Å². The van der Waals surface area contributed by atoms with Crippen LogP contribution in [0, 0.1) is 11.8 Å². The van der Waals surface area contributed by atoms with Crippen molar-refractivity contribution in [2.45, 2.75) is 12.1 Å². The van der Waals surface area contributed by atoms with E-state index in [0.717, 1.165) is 11.1 Å². The van der Waals surface area contributed by atoms with Gasteiger partial charge < -0.3 is 18.8 Å². The first-order chi connectivity index (χ1) is 17.1. The van der Waals surface area contributed by atoms with Crippen LogP contribution in [0.1, 0.15) is 27.7 Å². The number of imide groups is 1. The summed E-state index contributed by atoms with van der Waals surface area (Å²) < 4.78 is 16.7. The van der Waals surface area contributed by atoms with Crippen LogP contribution in [0.25, 0.3) is 6.08 Å². The third-order valence-corrected chi connectivity index (χ3v) is 7.28. The minimum absolute atomic E-state index is 0.166. The van der Waals surface area contributed by atoms with E-state index in [4.69, 9.17) is 13.9 Å². The van der Waals surface area contributed by atoms with Crippen molar-refractivity contribution in [2.24, 2.45) is 11.8 Å². The average molecular weight is 468 g/mol. The van der Waals surface area contributed by atoms with Gasteiger partial charge in [-0.05, 0) is 41.5 Å². The molecule has 2 fully saturated rings. The SMILES string of the molecule is O=C(c1ccco1)[C@@H]1[C@@H]2C(=O)N(c3ccc4c(c3)OCCO4)C(=O)[C@@H]2[C@H]2c3ccccc3C=CN12. The molecule has 4 aliphatic heterocycles. The molecular weight excluding hydrogens is 448 g/mol. The Kier molecular flexibility index (Phi) is 4.21. The average Bonchev–Trinajstić information content (AvgIpc) is 3.60. The van der Waals surface area contributed by atoms with Gasteiger partial charge in [0.15, 0.2) is 17.3 Å². The number of Topliss-reactive ketones (excluding diaryl/α,β-unsaturated/α-hetero) is 1. The molecule has 4 atom stereocenters. The molecule has 5 heterocycles. The minimum atomic E-state index is -0.862. The number of rotatable bonds is 3. The van der Waals surface area contributed by atoms with Crippen molar-refractivity contribution in [1.82, 2.24) is 4.90 Å². The topological polar surface area (TPSA) is 89.3 Å². The summed E-state index contributed by atoms with van der Waals surface area (Å²) in [6, 6.07) is 14.7. The predicted molar refractivity (Wildman–Crippen MR) is 124 cm³/mol. The smallest absolute Gasteiger partial charge is 0.240 e. The molecule has 0 bridgehead atoms. The van der Waals surface area contributed by atoms with Crippen LogP contribution in [0.3, 0.4) is 0 Å². The van der Waals surface area contributed by atoms with Gasteiger partial charge in [0, 0.05) is 12.3 Å². The number of ether oxygens (including phenoxy) is 2. The van der Waals surface area contributed by atoms with Crippen molar-refractivity contribution in [3.05, 3.63) is 83.9 Å². The highest BCUT2D eigenvalue weighted by molar-refractivity contribution is 6.24. The molecule has 0 N–H and O–H groups in total. The maximum atomic E-state index is 13.9. The highest BCUT2D eigenvalue weighted by Gasteiger charge is 2.64. The van der Waals surface area contributed by atoms with Crippen LogP contribution >= 0.6 is 0 Å². The summed E-state index contributed by atoms with van der Waals surface area (Å²) in [6.07, 6.45) is 5.18. The van der Waals surface area contributed by atoms with E-state index in [1.54, 1.807) is 30.3 Å². The van der Waals surface area contributed by atoms with Crippen LogP contribution in [-0.4, -0.2) is 41.8 Å². The fourth-order valence-corrected chi connectivity index (χ4v) is 5.85. The quantitative estimate of drug-likeness (QED) is 0.430. The summed E-state index contributed by atoms with van der Waals surface area (Å²) in [6.45, 7) is 0.836. The van der Waals surface area contributed by atoms with Gasteiger partial charge in [-0.1, -0.05) is 24.3 Å².